The van der Waals surface area contributed by atoms with Gasteiger partial charge in [0.05, 0.1) is 17.6 Å². The quantitative estimate of drug-likeness (QED) is 0.441. The van der Waals surface area contributed by atoms with Crippen LogP contribution < -0.4 is 5.43 Å². The van der Waals surface area contributed by atoms with Crippen LogP contribution in [0.5, 0.6) is 0 Å². The minimum Gasteiger partial charge on any atom is -0.273 e. The summed E-state index contributed by atoms with van der Waals surface area (Å²) in [5.41, 5.74) is 3.89. The SMILES string of the molecule is O=C(Cc1cccc2ccccc12)N/N=C/c1cccc([N+](=O)[O-])c1. The Morgan fingerprint density at radius 1 is 1.08 bits per heavy atom. The summed E-state index contributed by atoms with van der Waals surface area (Å²) in [5.74, 6) is -0.252. The number of nitro groups is 1. The van der Waals surface area contributed by atoms with Gasteiger partial charge in [0.25, 0.3) is 5.69 Å². The van der Waals surface area contributed by atoms with Gasteiger partial charge < -0.3 is 0 Å². The fourth-order valence-electron chi connectivity index (χ4n) is 2.56. The van der Waals surface area contributed by atoms with E-state index in [1.807, 2.05) is 42.5 Å². The molecule has 0 aliphatic rings. The first-order valence-corrected chi connectivity index (χ1v) is 7.66. The lowest BCUT2D eigenvalue weighted by Gasteiger charge is -2.05. The molecule has 0 bridgehead atoms. The van der Waals surface area contributed by atoms with Crippen LogP contribution in [0.25, 0.3) is 10.8 Å². The zero-order valence-electron chi connectivity index (χ0n) is 13.3. The summed E-state index contributed by atoms with van der Waals surface area (Å²) in [4.78, 5) is 22.3. The number of nitrogens with one attached hydrogen (secondary N) is 1. The van der Waals surface area contributed by atoms with E-state index in [-0.39, 0.29) is 18.0 Å². The van der Waals surface area contributed by atoms with Gasteiger partial charge in [0, 0.05) is 17.7 Å². The van der Waals surface area contributed by atoms with E-state index in [2.05, 4.69) is 10.5 Å². The van der Waals surface area contributed by atoms with Crippen molar-refractivity contribution in [3.8, 4) is 0 Å². The molecular weight excluding hydrogens is 318 g/mol. The number of carbonyl (C=O) groups is 1. The third-order valence-electron chi connectivity index (χ3n) is 3.71. The Balaban J connectivity index is 1.66. The predicted molar refractivity (Wildman–Crippen MR) is 96.5 cm³/mol. The summed E-state index contributed by atoms with van der Waals surface area (Å²) in [6, 6.07) is 19.7. The molecule has 124 valence electrons. The molecule has 0 saturated carbocycles. The van der Waals surface area contributed by atoms with Gasteiger partial charge in [-0.1, -0.05) is 54.6 Å². The van der Waals surface area contributed by atoms with Crippen molar-refractivity contribution in [3.63, 3.8) is 0 Å². The highest BCUT2D eigenvalue weighted by atomic mass is 16.6. The highest BCUT2D eigenvalue weighted by Crippen LogP contribution is 2.18. The highest BCUT2D eigenvalue weighted by molar-refractivity contribution is 5.90. The summed E-state index contributed by atoms with van der Waals surface area (Å²) < 4.78 is 0. The van der Waals surface area contributed by atoms with Gasteiger partial charge in [-0.2, -0.15) is 5.10 Å². The molecule has 0 radical (unpaired) electrons. The molecule has 3 aromatic rings. The summed E-state index contributed by atoms with van der Waals surface area (Å²) in [6.07, 6.45) is 1.58. The molecule has 0 heterocycles. The minimum absolute atomic E-state index is 0.0222. The number of fused-ring (bicyclic) bond motifs is 1. The molecule has 0 saturated heterocycles. The smallest absolute Gasteiger partial charge is 0.270 e. The fourth-order valence-corrected chi connectivity index (χ4v) is 2.56. The third kappa shape index (κ3) is 4.06. The van der Waals surface area contributed by atoms with Gasteiger partial charge in [0.2, 0.25) is 5.91 Å². The van der Waals surface area contributed by atoms with Gasteiger partial charge in [0.15, 0.2) is 0 Å². The number of hydrazone groups is 1. The highest BCUT2D eigenvalue weighted by Gasteiger charge is 2.06. The van der Waals surface area contributed by atoms with Crippen molar-refractivity contribution in [2.75, 3.05) is 0 Å². The van der Waals surface area contributed by atoms with Crippen LogP contribution in [0.1, 0.15) is 11.1 Å². The van der Waals surface area contributed by atoms with Crippen LogP contribution in [-0.4, -0.2) is 17.0 Å². The Morgan fingerprint density at radius 2 is 1.84 bits per heavy atom. The van der Waals surface area contributed by atoms with Crippen molar-refractivity contribution < 1.29 is 9.72 Å². The van der Waals surface area contributed by atoms with E-state index in [9.17, 15) is 14.9 Å². The number of rotatable bonds is 5. The molecule has 0 fully saturated rings. The Hall–Kier alpha value is -3.54. The number of carbonyl (C=O) groups excluding carboxylic acids is 1. The number of nitrogens with zero attached hydrogens (tertiary/aromatic N) is 2. The van der Waals surface area contributed by atoms with Gasteiger partial charge in [0.1, 0.15) is 0 Å². The molecule has 0 unspecified atom stereocenters. The van der Waals surface area contributed by atoms with Crippen molar-refractivity contribution >= 4 is 28.6 Å². The van der Waals surface area contributed by atoms with E-state index in [1.54, 1.807) is 12.1 Å². The van der Waals surface area contributed by atoms with Gasteiger partial charge in [-0.15, -0.1) is 0 Å². The summed E-state index contributed by atoms with van der Waals surface area (Å²) in [5, 5.41) is 16.7. The molecule has 0 aliphatic heterocycles. The number of hydrogen-bond donors (Lipinski definition) is 1. The second kappa shape index (κ2) is 7.35. The van der Waals surface area contributed by atoms with E-state index in [1.165, 1.54) is 18.3 Å². The first kappa shape index (κ1) is 16.3. The van der Waals surface area contributed by atoms with Gasteiger partial charge in [-0.3, -0.25) is 14.9 Å². The van der Waals surface area contributed by atoms with Crippen molar-refractivity contribution in [2.24, 2.45) is 5.10 Å². The largest absolute Gasteiger partial charge is 0.273 e. The zero-order valence-corrected chi connectivity index (χ0v) is 13.3. The van der Waals surface area contributed by atoms with Crippen LogP contribution >= 0.6 is 0 Å². The Bertz CT molecular complexity index is 962. The molecule has 6 nitrogen and oxygen atoms in total. The van der Waals surface area contributed by atoms with Gasteiger partial charge >= 0.3 is 0 Å². The maximum absolute atomic E-state index is 12.1. The van der Waals surface area contributed by atoms with Crippen molar-refractivity contribution in [1.29, 1.82) is 0 Å². The predicted octanol–water partition coefficient (Wildman–Crippen LogP) is 3.44. The fraction of sp³-hybridized carbons (Fsp3) is 0.0526. The molecule has 3 aromatic carbocycles. The lowest BCUT2D eigenvalue weighted by molar-refractivity contribution is -0.384. The van der Waals surface area contributed by atoms with Crippen LogP contribution in [0.3, 0.4) is 0 Å². The second-order valence-electron chi connectivity index (χ2n) is 5.46. The molecule has 0 atom stereocenters. The third-order valence-corrected chi connectivity index (χ3v) is 3.71. The average Bonchev–Trinajstić information content (AvgIpc) is 2.62. The molecular formula is C19H15N3O3. The van der Waals surface area contributed by atoms with Crippen LogP contribution in [0.2, 0.25) is 0 Å². The van der Waals surface area contributed by atoms with Crippen LogP contribution in [0, 0.1) is 10.1 Å². The average molecular weight is 333 g/mol. The summed E-state index contributed by atoms with van der Waals surface area (Å²) in [7, 11) is 0. The number of non-ortho nitro benzene ring substituents is 1. The molecule has 0 spiro atoms. The van der Waals surface area contributed by atoms with Crippen molar-refractivity contribution in [3.05, 3.63) is 88.0 Å². The second-order valence-corrected chi connectivity index (χ2v) is 5.46. The number of benzene rings is 3. The van der Waals surface area contributed by atoms with E-state index >= 15 is 0 Å². The number of amides is 1. The van der Waals surface area contributed by atoms with E-state index in [4.69, 9.17) is 0 Å². The van der Waals surface area contributed by atoms with E-state index < -0.39 is 4.92 Å². The van der Waals surface area contributed by atoms with Gasteiger partial charge in [-0.25, -0.2) is 5.43 Å². The molecule has 3 rings (SSSR count). The maximum Gasteiger partial charge on any atom is 0.270 e. The topological polar surface area (TPSA) is 84.6 Å². The Morgan fingerprint density at radius 3 is 2.68 bits per heavy atom. The Labute approximate surface area is 143 Å². The zero-order chi connectivity index (χ0) is 17.6. The molecule has 25 heavy (non-hydrogen) atoms. The molecule has 6 heteroatoms. The Kier molecular flexibility index (Phi) is 4.80. The van der Waals surface area contributed by atoms with Crippen LogP contribution in [0.15, 0.2) is 71.8 Å². The number of hydrogen-bond acceptors (Lipinski definition) is 4. The minimum atomic E-state index is -0.476. The number of nitro benzene ring substituents is 1. The molecule has 1 N–H and O–H groups in total. The lowest BCUT2D eigenvalue weighted by atomic mass is 10.0. The van der Waals surface area contributed by atoms with Crippen LogP contribution in [0.4, 0.5) is 5.69 Å². The first-order chi connectivity index (χ1) is 12.1. The van der Waals surface area contributed by atoms with E-state index in [0.717, 1.165) is 16.3 Å². The standard InChI is InChI=1S/C19H15N3O3/c23-19(12-16-8-4-7-15-6-1-2-10-18(15)16)21-20-13-14-5-3-9-17(11-14)22(24)25/h1-11,13H,12H2,(H,21,23)/b20-13+. The van der Waals surface area contributed by atoms with Crippen LogP contribution in [-0.2, 0) is 11.2 Å². The normalized spacial score (nSPS) is 10.9. The molecule has 1 amide bonds. The monoisotopic (exact) mass is 333 g/mol. The van der Waals surface area contributed by atoms with E-state index in [0.29, 0.717) is 5.56 Å². The van der Waals surface area contributed by atoms with Crippen molar-refractivity contribution in [2.45, 2.75) is 6.42 Å². The lowest BCUT2D eigenvalue weighted by Crippen LogP contribution is -2.19. The summed E-state index contributed by atoms with van der Waals surface area (Å²) >= 11 is 0. The molecule has 0 aromatic heterocycles. The van der Waals surface area contributed by atoms with Gasteiger partial charge in [-0.05, 0) is 16.3 Å². The first-order valence-electron chi connectivity index (χ1n) is 7.66. The maximum atomic E-state index is 12.1. The van der Waals surface area contributed by atoms with Crippen molar-refractivity contribution in [1.82, 2.24) is 5.43 Å². The molecule has 0 aliphatic carbocycles. The summed E-state index contributed by atoms with van der Waals surface area (Å²) in [6.45, 7) is 0.